The first kappa shape index (κ1) is 21.8. The number of amides is 3. The third kappa shape index (κ3) is 5.50. The highest BCUT2D eigenvalue weighted by Crippen LogP contribution is 2.22. The van der Waals surface area contributed by atoms with Gasteiger partial charge in [-0.25, -0.2) is 9.59 Å². The van der Waals surface area contributed by atoms with Gasteiger partial charge in [-0.1, -0.05) is 73.3 Å². The molecule has 3 amide bonds. The summed E-state index contributed by atoms with van der Waals surface area (Å²) in [5.74, 6) is -0.441. The topological polar surface area (TPSA) is 61.2 Å². The summed E-state index contributed by atoms with van der Waals surface area (Å²) in [4.78, 5) is 28.4. The van der Waals surface area contributed by atoms with Crippen molar-refractivity contribution in [2.75, 3.05) is 13.1 Å². The highest BCUT2D eigenvalue weighted by Gasteiger charge is 2.46. The highest BCUT2D eigenvalue weighted by molar-refractivity contribution is 5.85. The van der Waals surface area contributed by atoms with Crippen LogP contribution in [0.2, 0.25) is 0 Å². The van der Waals surface area contributed by atoms with Crippen LogP contribution in [0.4, 0.5) is 4.79 Å². The first-order valence-electron chi connectivity index (χ1n) is 9.44. The minimum absolute atomic E-state index is 0.108. The van der Waals surface area contributed by atoms with Crippen molar-refractivity contribution in [2.45, 2.75) is 19.5 Å². The number of carbonyl (C=O) groups excluding carboxylic acids is 2. The first-order valence-corrected chi connectivity index (χ1v) is 9.44. The SMILES string of the molecule is C=CCN(Cc1ccccc1)C(=O)[N+](CC=C)(Cc1ccccc1)C(=O)CC#N. The smallest absolute Gasteiger partial charge is 0.284 e. The van der Waals surface area contributed by atoms with E-state index >= 15 is 0 Å². The van der Waals surface area contributed by atoms with Crippen LogP contribution in [-0.2, 0) is 17.9 Å². The monoisotopic (exact) mass is 388 g/mol. The van der Waals surface area contributed by atoms with E-state index in [2.05, 4.69) is 13.2 Å². The zero-order valence-electron chi connectivity index (χ0n) is 16.5. The van der Waals surface area contributed by atoms with Gasteiger partial charge in [-0.2, -0.15) is 9.74 Å². The van der Waals surface area contributed by atoms with Crippen molar-refractivity contribution >= 4 is 11.9 Å². The average molecular weight is 388 g/mol. The molecule has 2 aromatic rings. The van der Waals surface area contributed by atoms with Crippen LogP contribution < -0.4 is 0 Å². The van der Waals surface area contributed by atoms with Crippen LogP contribution in [0.1, 0.15) is 17.5 Å². The summed E-state index contributed by atoms with van der Waals surface area (Å²) >= 11 is 0. The molecule has 0 radical (unpaired) electrons. The number of nitrogens with zero attached hydrogens (tertiary/aromatic N) is 3. The van der Waals surface area contributed by atoms with E-state index in [1.165, 1.54) is 0 Å². The summed E-state index contributed by atoms with van der Waals surface area (Å²) in [5, 5.41) is 9.15. The van der Waals surface area contributed by atoms with E-state index in [1.807, 2.05) is 66.7 Å². The molecule has 148 valence electrons. The molecule has 0 aliphatic rings. The van der Waals surface area contributed by atoms with Gasteiger partial charge in [-0.05, 0) is 11.6 Å². The lowest BCUT2D eigenvalue weighted by atomic mass is 10.1. The predicted molar refractivity (Wildman–Crippen MR) is 113 cm³/mol. The number of rotatable bonds is 9. The Morgan fingerprint density at radius 3 is 2.07 bits per heavy atom. The van der Waals surface area contributed by atoms with Gasteiger partial charge < -0.3 is 0 Å². The average Bonchev–Trinajstić information content (AvgIpc) is 2.74. The molecular weight excluding hydrogens is 362 g/mol. The second kappa shape index (κ2) is 10.7. The number of hydrogen-bond acceptors (Lipinski definition) is 3. The van der Waals surface area contributed by atoms with E-state index in [4.69, 9.17) is 5.26 Å². The molecule has 0 aliphatic heterocycles. The molecule has 2 rings (SSSR count). The number of carbonyl (C=O) groups is 2. The van der Waals surface area contributed by atoms with Gasteiger partial charge in [-0.3, -0.25) is 4.90 Å². The van der Waals surface area contributed by atoms with Gasteiger partial charge in [0.1, 0.15) is 13.1 Å². The minimum atomic E-state index is -0.512. The number of benzene rings is 2. The quantitative estimate of drug-likeness (QED) is 0.471. The second-order valence-electron chi connectivity index (χ2n) is 6.75. The molecule has 0 aliphatic carbocycles. The largest absolute Gasteiger partial charge is 0.427 e. The predicted octanol–water partition coefficient (Wildman–Crippen LogP) is 4.44. The van der Waals surface area contributed by atoms with Crippen LogP contribution in [-0.4, -0.2) is 34.4 Å². The highest BCUT2D eigenvalue weighted by atomic mass is 16.2. The Hall–Kier alpha value is -3.49. The zero-order valence-corrected chi connectivity index (χ0v) is 16.5. The normalized spacial score (nSPS) is 12.2. The van der Waals surface area contributed by atoms with Crippen LogP contribution >= 0.6 is 0 Å². The van der Waals surface area contributed by atoms with Crippen molar-refractivity contribution in [1.29, 1.82) is 5.26 Å². The Balaban J connectivity index is 2.48. The minimum Gasteiger partial charge on any atom is -0.284 e. The van der Waals surface area contributed by atoms with Crippen molar-refractivity contribution in [3.8, 4) is 6.07 Å². The van der Waals surface area contributed by atoms with E-state index in [1.54, 1.807) is 17.1 Å². The fourth-order valence-electron chi connectivity index (χ4n) is 3.28. The molecule has 1 unspecified atom stereocenters. The molecular formula is C24H26N3O2+. The summed E-state index contributed by atoms with van der Waals surface area (Å²) in [5.41, 5.74) is 1.79. The summed E-state index contributed by atoms with van der Waals surface area (Å²) in [7, 11) is 0. The van der Waals surface area contributed by atoms with Crippen molar-refractivity contribution in [3.05, 3.63) is 97.1 Å². The van der Waals surface area contributed by atoms with Gasteiger partial charge in [0.05, 0.1) is 12.6 Å². The summed E-state index contributed by atoms with van der Waals surface area (Å²) in [6.07, 6.45) is 2.85. The number of quaternary nitrogens is 1. The maximum atomic E-state index is 13.7. The molecule has 5 heteroatoms. The summed E-state index contributed by atoms with van der Waals surface area (Å²) in [6, 6.07) is 20.5. The van der Waals surface area contributed by atoms with Gasteiger partial charge in [0.2, 0.25) is 0 Å². The molecule has 1 atom stereocenters. The molecule has 0 spiro atoms. The first-order chi connectivity index (χ1) is 14.1. The fraction of sp³-hybridized carbons (Fsp3) is 0.208. The number of imide groups is 1. The van der Waals surface area contributed by atoms with E-state index < -0.39 is 10.4 Å². The molecule has 0 aromatic heterocycles. The van der Waals surface area contributed by atoms with E-state index in [0.29, 0.717) is 13.1 Å². The second-order valence-corrected chi connectivity index (χ2v) is 6.75. The lowest BCUT2D eigenvalue weighted by Crippen LogP contribution is -2.61. The standard InChI is InChI=1S/C24H26N3O2/c1-3-17-26(19-21-11-7-5-8-12-21)24(29)27(18-4-2,23(28)15-16-25)20-22-13-9-6-10-14-22/h3-14H,1-2,15,17-20H2/q+1. The number of urea groups is 1. The Kier molecular flexibility index (Phi) is 8.08. The zero-order chi connectivity index (χ0) is 21.1. The van der Waals surface area contributed by atoms with E-state index in [-0.39, 0.29) is 25.5 Å². The van der Waals surface area contributed by atoms with Crippen molar-refractivity contribution in [3.63, 3.8) is 0 Å². The fourth-order valence-corrected chi connectivity index (χ4v) is 3.28. The van der Waals surface area contributed by atoms with E-state index in [0.717, 1.165) is 11.1 Å². The Morgan fingerprint density at radius 1 is 0.966 bits per heavy atom. The van der Waals surface area contributed by atoms with Crippen LogP contribution in [0.15, 0.2) is 86.0 Å². The van der Waals surface area contributed by atoms with Gasteiger partial charge in [0.25, 0.3) is 0 Å². The lowest BCUT2D eigenvalue weighted by molar-refractivity contribution is -0.785. The molecule has 0 heterocycles. The third-order valence-corrected chi connectivity index (χ3v) is 4.65. The molecule has 5 nitrogen and oxygen atoms in total. The summed E-state index contributed by atoms with van der Waals surface area (Å²) < 4.78 is -0.512. The molecule has 29 heavy (non-hydrogen) atoms. The van der Waals surface area contributed by atoms with Gasteiger partial charge in [0, 0.05) is 12.1 Å². The van der Waals surface area contributed by atoms with Gasteiger partial charge in [-0.15, -0.1) is 6.58 Å². The van der Waals surface area contributed by atoms with Crippen molar-refractivity contribution < 1.29 is 14.1 Å². The number of hydrogen-bond donors (Lipinski definition) is 0. The van der Waals surface area contributed by atoms with Crippen LogP contribution in [0.5, 0.6) is 0 Å². The Labute approximate surface area is 172 Å². The van der Waals surface area contributed by atoms with Gasteiger partial charge >= 0.3 is 11.9 Å². The molecule has 0 fully saturated rings. The Bertz CT molecular complexity index is 887. The van der Waals surface area contributed by atoms with Crippen molar-refractivity contribution in [2.24, 2.45) is 0 Å². The van der Waals surface area contributed by atoms with Gasteiger partial charge in [0.15, 0.2) is 6.42 Å². The number of nitriles is 1. The maximum absolute atomic E-state index is 13.7. The van der Waals surface area contributed by atoms with E-state index in [9.17, 15) is 9.59 Å². The maximum Gasteiger partial charge on any atom is 0.427 e. The van der Waals surface area contributed by atoms with Crippen LogP contribution in [0.3, 0.4) is 0 Å². The van der Waals surface area contributed by atoms with Crippen molar-refractivity contribution in [1.82, 2.24) is 4.90 Å². The molecule has 0 saturated heterocycles. The lowest BCUT2D eigenvalue weighted by Gasteiger charge is -2.36. The Morgan fingerprint density at radius 2 is 1.55 bits per heavy atom. The van der Waals surface area contributed by atoms with Crippen LogP contribution in [0.25, 0.3) is 0 Å². The third-order valence-electron chi connectivity index (χ3n) is 4.65. The molecule has 0 N–H and O–H groups in total. The van der Waals surface area contributed by atoms with Crippen LogP contribution in [0, 0.1) is 11.3 Å². The molecule has 0 saturated carbocycles. The molecule has 0 bridgehead atoms. The molecule has 2 aromatic carbocycles. The summed E-state index contributed by atoms with van der Waals surface area (Å²) in [6.45, 7) is 8.42.